The van der Waals surface area contributed by atoms with Crippen LogP contribution in [0.15, 0.2) is 35.3 Å². The van der Waals surface area contributed by atoms with Gasteiger partial charge in [-0.05, 0) is 50.3 Å². The Kier molecular flexibility index (Phi) is 11.2. The molecule has 0 spiro atoms. The molecular weight excluding hydrogens is 304 g/mol. The Morgan fingerprint density at radius 3 is 2.61 bits per heavy atom. The van der Waals surface area contributed by atoms with Gasteiger partial charge < -0.3 is 15.5 Å². The number of anilines is 1. The van der Waals surface area contributed by atoms with Crippen LogP contribution in [0.2, 0.25) is 0 Å². The van der Waals surface area contributed by atoms with Gasteiger partial charge in [0.2, 0.25) is 0 Å². The number of benzene rings is 1. The number of hydrogen-bond acceptors (Lipinski definition) is 3. The van der Waals surface area contributed by atoms with E-state index < -0.39 is 0 Å². The number of nitrogens with zero attached hydrogens (tertiary/aromatic N) is 2. The van der Waals surface area contributed by atoms with Crippen LogP contribution in [0, 0.1) is 0 Å². The zero-order chi connectivity index (χ0) is 16.8. The first-order chi connectivity index (χ1) is 11.3. The lowest BCUT2D eigenvalue weighted by atomic mass is 10.3. The molecule has 23 heavy (non-hydrogen) atoms. The molecule has 0 aliphatic heterocycles. The zero-order valence-electron chi connectivity index (χ0n) is 14.8. The predicted molar refractivity (Wildman–Crippen MR) is 106 cm³/mol. The standard InChI is InChI=1S/C18H32N4S/c1-4-19-18(20-13-8-9-16-23-3)21-14-10-15-22(2)17-11-6-5-7-12-17/h5-7,11-12H,4,8-10,13-16H2,1-3H3,(H2,19,20,21). The second kappa shape index (κ2) is 13.1. The lowest BCUT2D eigenvalue weighted by Gasteiger charge is -2.18. The van der Waals surface area contributed by atoms with Crippen LogP contribution in [0.25, 0.3) is 0 Å². The number of hydrogen-bond donors (Lipinski definition) is 2. The van der Waals surface area contributed by atoms with Gasteiger partial charge in [0.15, 0.2) is 5.96 Å². The number of rotatable bonds is 11. The summed E-state index contributed by atoms with van der Waals surface area (Å²) in [6.45, 7) is 5.86. The molecule has 0 amide bonds. The van der Waals surface area contributed by atoms with E-state index in [0.717, 1.165) is 38.6 Å². The van der Waals surface area contributed by atoms with Gasteiger partial charge in [-0.25, -0.2) is 0 Å². The Labute approximate surface area is 146 Å². The molecule has 0 aromatic heterocycles. The molecule has 130 valence electrons. The summed E-state index contributed by atoms with van der Waals surface area (Å²) in [7, 11) is 2.13. The molecule has 4 nitrogen and oxygen atoms in total. The highest BCUT2D eigenvalue weighted by molar-refractivity contribution is 7.98. The van der Waals surface area contributed by atoms with Crippen molar-refractivity contribution in [3.8, 4) is 0 Å². The molecule has 0 heterocycles. The van der Waals surface area contributed by atoms with Crippen molar-refractivity contribution >= 4 is 23.4 Å². The topological polar surface area (TPSA) is 39.7 Å². The van der Waals surface area contributed by atoms with Crippen LogP contribution >= 0.6 is 11.8 Å². The summed E-state index contributed by atoms with van der Waals surface area (Å²) in [4.78, 5) is 6.94. The minimum Gasteiger partial charge on any atom is -0.375 e. The number of unbranched alkanes of at least 4 members (excludes halogenated alkanes) is 1. The van der Waals surface area contributed by atoms with Crippen molar-refractivity contribution in [1.82, 2.24) is 10.6 Å². The van der Waals surface area contributed by atoms with E-state index in [2.05, 4.69) is 71.1 Å². The first-order valence-electron chi connectivity index (χ1n) is 8.55. The second-order valence-corrected chi connectivity index (χ2v) is 6.48. The van der Waals surface area contributed by atoms with Gasteiger partial charge in [-0.3, -0.25) is 4.99 Å². The van der Waals surface area contributed by atoms with Crippen LogP contribution in [0.3, 0.4) is 0 Å². The molecule has 2 N–H and O–H groups in total. The molecule has 1 rings (SSSR count). The monoisotopic (exact) mass is 336 g/mol. The summed E-state index contributed by atoms with van der Waals surface area (Å²) < 4.78 is 0. The fraction of sp³-hybridized carbons (Fsp3) is 0.611. The van der Waals surface area contributed by atoms with E-state index in [4.69, 9.17) is 0 Å². The van der Waals surface area contributed by atoms with E-state index in [1.54, 1.807) is 0 Å². The highest BCUT2D eigenvalue weighted by Crippen LogP contribution is 2.10. The van der Waals surface area contributed by atoms with Crippen molar-refractivity contribution in [2.45, 2.75) is 26.2 Å². The maximum atomic E-state index is 4.66. The third-order valence-corrected chi connectivity index (χ3v) is 4.23. The summed E-state index contributed by atoms with van der Waals surface area (Å²) >= 11 is 1.91. The Hall–Kier alpha value is -1.36. The first-order valence-corrected chi connectivity index (χ1v) is 9.94. The quantitative estimate of drug-likeness (QED) is 0.370. The predicted octanol–water partition coefficient (Wildman–Crippen LogP) is 3.21. The SMILES string of the molecule is CCNC(=NCCCN(C)c1ccccc1)NCCCCSC. The van der Waals surface area contributed by atoms with Crippen molar-refractivity contribution in [1.29, 1.82) is 0 Å². The van der Waals surface area contributed by atoms with E-state index >= 15 is 0 Å². The van der Waals surface area contributed by atoms with Crippen molar-refractivity contribution in [3.05, 3.63) is 30.3 Å². The van der Waals surface area contributed by atoms with Crippen LogP contribution in [-0.2, 0) is 0 Å². The van der Waals surface area contributed by atoms with Crippen LogP contribution in [0.1, 0.15) is 26.2 Å². The molecule has 0 unspecified atom stereocenters. The molecule has 1 aromatic carbocycles. The van der Waals surface area contributed by atoms with Gasteiger partial charge in [-0.1, -0.05) is 18.2 Å². The number of aliphatic imine (C=N–C) groups is 1. The summed E-state index contributed by atoms with van der Waals surface area (Å²) in [6.07, 6.45) is 5.66. The number of nitrogens with one attached hydrogen (secondary N) is 2. The normalized spacial score (nSPS) is 11.3. The molecule has 0 atom stereocenters. The highest BCUT2D eigenvalue weighted by atomic mass is 32.2. The third kappa shape index (κ3) is 9.39. The average molecular weight is 337 g/mol. The van der Waals surface area contributed by atoms with Crippen molar-refractivity contribution in [2.75, 3.05) is 50.1 Å². The van der Waals surface area contributed by atoms with Gasteiger partial charge in [0, 0.05) is 38.9 Å². The second-order valence-electron chi connectivity index (χ2n) is 5.50. The van der Waals surface area contributed by atoms with Gasteiger partial charge in [0.25, 0.3) is 0 Å². The molecule has 0 radical (unpaired) electrons. The minimum atomic E-state index is 0.845. The Morgan fingerprint density at radius 2 is 1.91 bits per heavy atom. The van der Waals surface area contributed by atoms with Crippen LogP contribution in [0.5, 0.6) is 0 Å². The van der Waals surface area contributed by atoms with E-state index in [1.165, 1.54) is 24.3 Å². The lowest BCUT2D eigenvalue weighted by molar-refractivity contribution is 0.727. The molecule has 0 saturated carbocycles. The molecule has 0 saturated heterocycles. The summed E-state index contributed by atoms with van der Waals surface area (Å²) in [5.74, 6) is 2.18. The Bertz CT molecular complexity index is 422. The largest absolute Gasteiger partial charge is 0.375 e. The molecule has 0 aliphatic carbocycles. The van der Waals surface area contributed by atoms with E-state index in [9.17, 15) is 0 Å². The number of guanidine groups is 1. The van der Waals surface area contributed by atoms with Gasteiger partial charge in [-0.15, -0.1) is 0 Å². The summed E-state index contributed by atoms with van der Waals surface area (Å²) in [5, 5.41) is 6.73. The molecular formula is C18H32N4S. The average Bonchev–Trinajstić information content (AvgIpc) is 2.59. The van der Waals surface area contributed by atoms with Gasteiger partial charge in [0.05, 0.1) is 0 Å². The minimum absolute atomic E-state index is 0.845. The van der Waals surface area contributed by atoms with Crippen LogP contribution in [-0.4, -0.2) is 51.2 Å². The van der Waals surface area contributed by atoms with E-state index in [-0.39, 0.29) is 0 Å². The zero-order valence-corrected chi connectivity index (χ0v) is 15.7. The highest BCUT2D eigenvalue weighted by Gasteiger charge is 2.00. The fourth-order valence-electron chi connectivity index (χ4n) is 2.23. The van der Waals surface area contributed by atoms with Crippen molar-refractivity contribution in [2.24, 2.45) is 4.99 Å². The number of thioether (sulfide) groups is 1. The molecule has 5 heteroatoms. The third-order valence-electron chi connectivity index (χ3n) is 3.53. The summed E-state index contributed by atoms with van der Waals surface area (Å²) in [6, 6.07) is 10.5. The van der Waals surface area contributed by atoms with Crippen LogP contribution < -0.4 is 15.5 Å². The Morgan fingerprint density at radius 1 is 1.13 bits per heavy atom. The molecule has 0 bridgehead atoms. The lowest BCUT2D eigenvalue weighted by Crippen LogP contribution is -2.38. The van der Waals surface area contributed by atoms with E-state index in [1.807, 2.05) is 11.8 Å². The molecule has 1 aromatic rings. The molecule has 0 aliphatic rings. The first kappa shape index (κ1) is 19.7. The summed E-state index contributed by atoms with van der Waals surface area (Å²) in [5.41, 5.74) is 1.26. The van der Waals surface area contributed by atoms with Gasteiger partial charge >= 0.3 is 0 Å². The van der Waals surface area contributed by atoms with Crippen LogP contribution in [0.4, 0.5) is 5.69 Å². The van der Waals surface area contributed by atoms with E-state index in [0.29, 0.717) is 0 Å². The van der Waals surface area contributed by atoms with Gasteiger partial charge in [0.1, 0.15) is 0 Å². The van der Waals surface area contributed by atoms with Crippen molar-refractivity contribution < 1.29 is 0 Å². The molecule has 0 fully saturated rings. The smallest absolute Gasteiger partial charge is 0.191 e. The maximum Gasteiger partial charge on any atom is 0.191 e. The number of para-hydroxylation sites is 1. The maximum absolute atomic E-state index is 4.66. The van der Waals surface area contributed by atoms with Crippen molar-refractivity contribution in [3.63, 3.8) is 0 Å². The fourth-order valence-corrected chi connectivity index (χ4v) is 2.72. The van der Waals surface area contributed by atoms with Gasteiger partial charge in [-0.2, -0.15) is 11.8 Å². The Balaban J connectivity index is 2.25.